The molecule has 3 unspecified atom stereocenters. The number of rotatable bonds is 2. The highest BCUT2D eigenvalue weighted by Crippen LogP contribution is 2.22. The fourth-order valence-electron chi connectivity index (χ4n) is 2.63. The molecule has 5 heteroatoms. The fourth-order valence-corrected chi connectivity index (χ4v) is 2.63. The lowest BCUT2D eigenvalue weighted by Crippen LogP contribution is -2.47. The number of carbonyl (C=O) groups excluding carboxylic acids is 1. The number of nitrogens with two attached hydrogens (primary N) is 1. The summed E-state index contributed by atoms with van der Waals surface area (Å²) >= 11 is 0. The van der Waals surface area contributed by atoms with E-state index in [4.69, 9.17) is 10.5 Å². The van der Waals surface area contributed by atoms with Gasteiger partial charge in [-0.1, -0.05) is 0 Å². The molecule has 4 nitrogen and oxygen atoms in total. The molecule has 0 aromatic rings. The van der Waals surface area contributed by atoms with Gasteiger partial charge in [-0.15, -0.1) is 12.4 Å². The van der Waals surface area contributed by atoms with Crippen molar-refractivity contribution in [2.45, 2.75) is 32.2 Å². The standard InChI is InChI=1S/C12H22N2O2.ClH/c1-9(13)10-3-2-5-14(7-10)12(15)11-4-6-16-8-11;/h9-11H,2-8,13H2,1H3;1H. The molecule has 0 radical (unpaired) electrons. The Morgan fingerprint density at radius 2 is 2.24 bits per heavy atom. The smallest absolute Gasteiger partial charge is 0.228 e. The van der Waals surface area contributed by atoms with Crippen molar-refractivity contribution in [3.05, 3.63) is 0 Å². The molecule has 17 heavy (non-hydrogen) atoms. The van der Waals surface area contributed by atoms with Gasteiger partial charge >= 0.3 is 0 Å². The number of ether oxygens (including phenoxy) is 1. The molecule has 2 aliphatic rings. The van der Waals surface area contributed by atoms with Crippen LogP contribution in [-0.4, -0.2) is 43.2 Å². The van der Waals surface area contributed by atoms with Gasteiger partial charge in [-0.3, -0.25) is 4.79 Å². The zero-order chi connectivity index (χ0) is 11.5. The molecule has 100 valence electrons. The molecular formula is C12H23ClN2O2. The normalized spacial score (nSPS) is 30.8. The van der Waals surface area contributed by atoms with Crippen molar-refractivity contribution < 1.29 is 9.53 Å². The minimum atomic E-state index is 0. The van der Waals surface area contributed by atoms with E-state index in [0.717, 1.165) is 39.0 Å². The number of hydrogen-bond donors (Lipinski definition) is 1. The lowest BCUT2D eigenvalue weighted by atomic mass is 9.91. The second kappa shape index (κ2) is 6.57. The van der Waals surface area contributed by atoms with Crippen LogP contribution in [0.4, 0.5) is 0 Å². The van der Waals surface area contributed by atoms with Gasteiger partial charge in [-0.05, 0) is 32.1 Å². The zero-order valence-corrected chi connectivity index (χ0v) is 11.2. The lowest BCUT2D eigenvalue weighted by molar-refractivity contribution is -0.137. The van der Waals surface area contributed by atoms with Crippen LogP contribution in [0.5, 0.6) is 0 Å². The van der Waals surface area contributed by atoms with E-state index in [1.54, 1.807) is 0 Å². The van der Waals surface area contributed by atoms with Crippen molar-refractivity contribution >= 4 is 18.3 Å². The Labute approximate surface area is 109 Å². The van der Waals surface area contributed by atoms with E-state index >= 15 is 0 Å². The number of amides is 1. The quantitative estimate of drug-likeness (QED) is 0.809. The molecule has 0 aromatic carbocycles. The van der Waals surface area contributed by atoms with Gasteiger partial charge in [0.05, 0.1) is 12.5 Å². The first-order valence-corrected chi connectivity index (χ1v) is 6.30. The maximum Gasteiger partial charge on any atom is 0.228 e. The predicted octanol–water partition coefficient (Wildman–Crippen LogP) is 1.03. The number of piperidine rings is 1. The summed E-state index contributed by atoms with van der Waals surface area (Å²) in [5.74, 6) is 0.856. The van der Waals surface area contributed by atoms with Crippen LogP contribution < -0.4 is 5.73 Å². The zero-order valence-electron chi connectivity index (χ0n) is 10.4. The highest BCUT2D eigenvalue weighted by molar-refractivity contribution is 5.85. The maximum absolute atomic E-state index is 12.2. The second-order valence-corrected chi connectivity index (χ2v) is 5.11. The Morgan fingerprint density at radius 1 is 1.47 bits per heavy atom. The summed E-state index contributed by atoms with van der Waals surface area (Å²) in [5, 5.41) is 0. The molecule has 2 rings (SSSR count). The van der Waals surface area contributed by atoms with Gasteiger partial charge in [0.1, 0.15) is 0 Å². The van der Waals surface area contributed by atoms with Gasteiger partial charge in [0.25, 0.3) is 0 Å². The first kappa shape index (κ1) is 14.7. The SMILES string of the molecule is CC(N)C1CCCN(C(=O)C2CCOC2)C1.Cl. The Bertz CT molecular complexity index is 255. The van der Waals surface area contributed by atoms with Crippen LogP contribution in [-0.2, 0) is 9.53 Å². The summed E-state index contributed by atoms with van der Waals surface area (Å²) < 4.78 is 5.27. The van der Waals surface area contributed by atoms with E-state index in [0.29, 0.717) is 12.5 Å². The summed E-state index contributed by atoms with van der Waals surface area (Å²) in [7, 11) is 0. The van der Waals surface area contributed by atoms with Crippen LogP contribution in [0, 0.1) is 11.8 Å². The van der Waals surface area contributed by atoms with Gasteiger partial charge in [0.2, 0.25) is 5.91 Å². The van der Waals surface area contributed by atoms with Gasteiger partial charge in [0.15, 0.2) is 0 Å². The van der Waals surface area contributed by atoms with Crippen LogP contribution in [0.1, 0.15) is 26.2 Å². The van der Waals surface area contributed by atoms with Crippen molar-refractivity contribution in [3.8, 4) is 0 Å². The number of hydrogen-bond acceptors (Lipinski definition) is 3. The van der Waals surface area contributed by atoms with Crippen LogP contribution in [0.15, 0.2) is 0 Å². The Morgan fingerprint density at radius 3 is 2.82 bits per heavy atom. The van der Waals surface area contributed by atoms with E-state index in [2.05, 4.69) is 0 Å². The molecule has 2 heterocycles. The molecule has 0 aliphatic carbocycles. The maximum atomic E-state index is 12.2. The summed E-state index contributed by atoms with van der Waals surface area (Å²) in [4.78, 5) is 14.2. The Balaban J connectivity index is 0.00000144. The van der Waals surface area contributed by atoms with Crippen LogP contribution in [0.2, 0.25) is 0 Å². The molecule has 3 atom stereocenters. The molecule has 2 fully saturated rings. The molecule has 0 spiro atoms. The summed E-state index contributed by atoms with van der Waals surface area (Å²) in [6.07, 6.45) is 3.13. The fraction of sp³-hybridized carbons (Fsp3) is 0.917. The number of likely N-dealkylation sites (tertiary alicyclic amines) is 1. The monoisotopic (exact) mass is 262 g/mol. The first-order chi connectivity index (χ1) is 7.68. The van der Waals surface area contributed by atoms with E-state index in [1.807, 2.05) is 11.8 Å². The van der Waals surface area contributed by atoms with Gasteiger partial charge in [-0.2, -0.15) is 0 Å². The Hall–Kier alpha value is -0.320. The van der Waals surface area contributed by atoms with Crippen molar-refractivity contribution in [1.82, 2.24) is 4.90 Å². The predicted molar refractivity (Wildman–Crippen MR) is 69.1 cm³/mol. The molecule has 0 bridgehead atoms. The molecule has 1 amide bonds. The molecule has 2 saturated heterocycles. The topological polar surface area (TPSA) is 55.6 Å². The third kappa shape index (κ3) is 3.57. The third-order valence-electron chi connectivity index (χ3n) is 3.79. The number of nitrogens with zero attached hydrogens (tertiary/aromatic N) is 1. The highest BCUT2D eigenvalue weighted by Gasteiger charge is 2.31. The van der Waals surface area contributed by atoms with Crippen LogP contribution in [0.3, 0.4) is 0 Å². The van der Waals surface area contributed by atoms with Crippen molar-refractivity contribution in [2.24, 2.45) is 17.6 Å². The minimum Gasteiger partial charge on any atom is -0.381 e. The van der Waals surface area contributed by atoms with Crippen molar-refractivity contribution in [3.63, 3.8) is 0 Å². The Kier molecular flexibility index (Phi) is 5.70. The summed E-state index contributed by atoms with van der Waals surface area (Å²) in [6, 6.07) is 0.190. The summed E-state index contributed by atoms with van der Waals surface area (Å²) in [5.41, 5.74) is 5.92. The molecule has 0 saturated carbocycles. The van der Waals surface area contributed by atoms with E-state index in [-0.39, 0.29) is 30.3 Å². The van der Waals surface area contributed by atoms with Crippen LogP contribution >= 0.6 is 12.4 Å². The molecule has 0 aromatic heterocycles. The first-order valence-electron chi connectivity index (χ1n) is 6.30. The minimum absolute atomic E-state index is 0. The second-order valence-electron chi connectivity index (χ2n) is 5.11. The van der Waals surface area contributed by atoms with Crippen LogP contribution in [0.25, 0.3) is 0 Å². The average molecular weight is 263 g/mol. The molecular weight excluding hydrogens is 240 g/mol. The van der Waals surface area contributed by atoms with E-state index in [9.17, 15) is 4.79 Å². The van der Waals surface area contributed by atoms with Crippen molar-refractivity contribution in [2.75, 3.05) is 26.3 Å². The average Bonchev–Trinajstić information content (AvgIpc) is 2.81. The third-order valence-corrected chi connectivity index (χ3v) is 3.79. The van der Waals surface area contributed by atoms with Gasteiger partial charge in [0, 0.05) is 25.7 Å². The highest BCUT2D eigenvalue weighted by atomic mass is 35.5. The van der Waals surface area contributed by atoms with Gasteiger partial charge in [-0.25, -0.2) is 0 Å². The number of carbonyl (C=O) groups is 1. The summed E-state index contributed by atoms with van der Waals surface area (Å²) in [6.45, 7) is 5.13. The molecule has 2 aliphatic heterocycles. The lowest BCUT2D eigenvalue weighted by Gasteiger charge is -2.35. The van der Waals surface area contributed by atoms with E-state index < -0.39 is 0 Å². The largest absolute Gasteiger partial charge is 0.381 e. The number of halogens is 1. The van der Waals surface area contributed by atoms with Gasteiger partial charge < -0.3 is 15.4 Å². The molecule has 2 N–H and O–H groups in total. The van der Waals surface area contributed by atoms with Crippen molar-refractivity contribution in [1.29, 1.82) is 0 Å². The van der Waals surface area contributed by atoms with E-state index in [1.165, 1.54) is 0 Å².